The Labute approximate surface area is 206 Å². The van der Waals surface area contributed by atoms with Crippen LogP contribution in [0.4, 0.5) is 0 Å². The van der Waals surface area contributed by atoms with Gasteiger partial charge in [0.15, 0.2) is 17.3 Å². The van der Waals surface area contributed by atoms with Crippen LogP contribution in [-0.2, 0) is 20.8 Å². The average molecular weight is 498 g/mol. The highest BCUT2D eigenvalue weighted by atomic mass is 35.5. The fourth-order valence-electron chi connectivity index (χ4n) is 4.69. The van der Waals surface area contributed by atoms with Crippen molar-refractivity contribution in [3.8, 4) is 17.2 Å². The molecule has 33 heavy (non-hydrogen) atoms. The molecule has 1 saturated heterocycles. The highest BCUT2D eigenvalue weighted by Gasteiger charge is 2.43. The molecule has 6 nitrogen and oxygen atoms in total. The van der Waals surface area contributed by atoms with Crippen LogP contribution in [0.2, 0.25) is 10.0 Å². The van der Waals surface area contributed by atoms with Gasteiger partial charge < -0.3 is 23.7 Å². The normalized spacial score (nSPS) is 17.1. The second-order valence-electron chi connectivity index (χ2n) is 8.27. The topological polar surface area (TPSA) is 49.4 Å². The van der Waals surface area contributed by atoms with Crippen LogP contribution in [0, 0.1) is 0 Å². The van der Waals surface area contributed by atoms with Gasteiger partial charge in [0.2, 0.25) is 5.75 Å². The summed E-state index contributed by atoms with van der Waals surface area (Å²) in [4.78, 5) is 2.23. The molecule has 0 saturated carbocycles. The molecule has 0 amide bonds. The van der Waals surface area contributed by atoms with Gasteiger partial charge >= 0.3 is 0 Å². The molecule has 3 rings (SSSR count). The van der Waals surface area contributed by atoms with E-state index in [9.17, 15) is 0 Å². The van der Waals surface area contributed by atoms with E-state index in [0.29, 0.717) is 46.9 Å². The second kappa shape index (κ2) is 10.7. The van der Waals surface area contributed by atoms with Gasteiger partial charge in [0.05, 0.1) is 44.6 Å². The lowest BCUT2D eigenvalue weighted by Crippen LogP contribution is -2.43. The van der Waals surface area contributed by atoms with Gasteiger partial charge in [-0.15, -0.1) is 0 Å². The zero-order valence-electron chi connectivity index (χ0n) is 20.2. The molecule has 8 heteroatoms. The molecule has 1 heterocycles. The molecule has 0 N–H and O–H groups in total. The summed E-state index contributed by atoms with van der Waals surface area (Å²) in [7, 11) is 8.94. The van der Waals surface area contributed by atoms with Crippen molar-refractivity contribution in [1.29, 1.82) is 0 Å². The Hall–Kier alpha value is -1.70. The van der Waals surface area contributed by atoms with Crippen LogP contribution in [-0.4, -0.2) is 53.5 Å². The maximum absolute atomic E-state index is 6.39. The first-order chi connectivity index (χ1) is 15.8. The Bertz CT molecular complexity index is 937. The summed E-state index contributed by atoms with van der Waals surface area (Å²) in [5.41, 5.74) is 1.63. The van der Waals surface area contributed by atoms with E-state index in [1.807, 2.05) is 30.3 Å². The Morgan fingerprint density at radius 3 is 2.00 bits per heavy atom. The van der Waals surface area contributed by atoms with Crippen LogP contribution in [0.5, 0.6) is 17.2 Å². The third kappa shape index (κ3) is 4.91. The predicted octanol–water partition coefficient (Wildman–Crippen LogP) is 5.87. The van der Waals surface area contributed by atoms with Crippen molar-refractivity contribution in [2.75, 3.05) is 48.6 Å². The Morgan fingerprint density at radius 2 is 1.55 bits per heavy atom. The third-order valence-corrected chi connectivity index (χ3v) is 7.36. The van der Waals surface area contributed by atoms with E-state index < -0.39 is 5.79 Å². The summed E-state index contributed by atoms with van der Waals surface area (Å²) in [6.45, 7) is 3.18. The number of nitrogens with zero attached hydrogens (tertiary/aromatic N) is 1. The summed E-state index contributed by atoms with van der Waals surface area (Å²) in [6, 6.07) is 9.64. The highest BCUT2D eigenvalue weighted by Crippen LogP contribution is 2.47. The Morgan fingerprint density at radius 1 is 0.939 bits per heavy atom. The molecule has 182 valence electrons. The van der Waals surface area contributed by atoms with E-state index in [4.69, 9.17) is 46.9 Å². The molecule has 0 radical (unpaired) electrons. The fourth-order valence-corrected chi connectivity index (χ4v) is 4.99. The first-order valence-corrected chi connectivity index (χ1v) is 11.7. The van der Waals surface area contributed by atoms with Gasteiger partial charge in [0.1, 0.15) is 0 Å². The molecular weight excluding hydrogens is 465 g/mol. The van der Waals surface area contributed by atoms with Gasteiger partial charge in [0.25, 0.3) is 0 Å². The second-order valence-corrected chi connectivity index (χ2v) is 9.09. The van der Waals surface area contributed by atoms with Crippen molar-refractivity contribution < 1.29 is 23.7 Å². The lowest BCUT2D eigenvalue weighted by molar-refractivity contribution is -0.176. The maximum atomic E-state index is 6.39. The summed E-state index contributed by atoms with van der Waals surface area (Å²) in [5, 5.41) is 1.09. The molecule has 1 atom stereocenters. The number of methoxy groups -OCH3 is 3. The summed E-state index contributed by atoms with van der Waals surface area (Å²) < 4.78 is 29.1. The van der Waals surface area contributed by atoms with Crippen LogP contribution in [0.15, 0.2) is 30.3 Å². The zero-order chi connectivity index (χ0) is 24.2. The van der Waals surface area contributed by atoms with E-state index in [0.717, 1.165) is 24.0 Å². The minimum Gasteiger partial charge on any atom is -0.493 e. The molecule has 2 aromatic carbocycles. The number of halogens is 2. The molecule has 0 aliphatic carbocycles. The molecule has 1 aliphatic rings. The van der Waals surface area contributed by atoms with E-state index in [1.54, 1.807) is 21.3 Å². The monoisotopic (exact) mass is 497 g/mol. The Kier molecular flexibility index (Phi) is 8.40. The van der Waals surface area contributed by atoms with Crippen LogP contribution in [0.1, 0.15) is 37.3 Å². The maximum Gasteiger partial charge on any atom is 0.203 e. The Balaban J connectivity index is 2.03. The minimum absolute atomic E-state index is 0.294. The number of hydrogen-bond acceptors (Lipinski definition) is 6. The van der Waals surface area contributed by atoms with Crippen molar-refractivity contribution in [3.63, 3.8) is 0 Å². The third-order valence-electron chi connectivity index (χ3n) is 6.62. The van der Waals surface area contributed by atoms with Crippen molar-refractivity contribution in [1.82, 2.24) is 4.90 Å². The quantitative estimate of drug-likeness (QED) is 0.409. The van der Waals surface area contributed by atoms with Crippen molar-refractivity contribution in [3.05, 3.63) is 51.5 Å². The number of rotatable bonds is 10. The predicted molar refractivity (Wildman–Crippen MR) is 131 cm³/mol. The molecule has 1 fully saturated rings. The van der Waals surface area contributed by atoms with E-state index in [-0.39, 0.29) is 5.54 Å². The van der Waals surface area contributed by atoms with Crippen molar-refractivity contribution >= 4 is 23.2 Å². The van der Waals surface area contributed by atoms with Gasteiger partial charge in [-0.05, 0) is 56.8 Å². The first-order valence-electron chi connectivity index (χ1n) is 11.0. The van der Waals surface area contributed by atoms with Crippen LogP contribution >= 0.6 is 23.2 Å². The molecule has 0 aromatic heterocycles. The van der Waals surface area contributed by atoms with Crippen LogP contribution in [0.3, 0.4) is 0 Å². The van der Waals surface area contributed by atoms with Gasteiger partial charge in [-0.1, -0.05) is 36.2 Å². The molecular formula is C25H33Cl2NO5. The van der Waals surface area contributed by atoms with Crippen molar-refractivity contribution in [2.24, 2.45) is 0 Å². The molecule has 2 aromatic rings. The van der Waals surface area contributed by atoms with Crippen LogP contribution < -0.4 is 14.2 Å². The summed E-state index contributed by atoms with van der Waals surface area (Å²) >= 11 is 12.6. The van der Waals surface area contributed by atoms with Gasteiger partial charge in [0, 0.05) is 17.5 Å². The highest BCUT2D eigenvalue weighted by molar-refractivity contribution is 6.42. The smallest absolute Gasteiger partial charge is 0.203 e. The van der Waals surface area contributed by atoms with Crippen molar-refractivity contribution in [2.45, 2.75) is 37.5 Å². The number of ether oxygens (including phenoxy) is 5. The minimum atomic E-state index is -0.931. The SMILES string of the molecule is CCC(CCC1(c2cc(OC)c(OC)c(OC)c2)OCCO1)(c1ccc(Cl)c(Cl)c1)N(C)C. The summed E-state index contributed by atoms with van der Waals surface area (Å²) in [6.07, 6.45) is 2.23. The van der Waals surface area contributed by atoms with E-state index >= 15 is 0 Å². The van der Waals surface area contributed by atoms with E-state index in [2.05, 4.69) is 25.9 Å². The van der Waals surface area contributed by atoms with Gasteiger partial charge in [-0.25, -0.2) is 0 Å². The molecule has 0 bridgehead atoms. The average Bonchev–Trinajstić information content (AvgIpc) is 3.30. The lowest BCUT2D eigenvalue weighted by atomic mass is 9.80. The number of hydrogen-bond donors (Lipinski definition) is 0. The number of benzene rings is 2. The zero-order valence-corrected chi connectivity index (χ0v) is 21.7. The summed E-state index contributed by atoms with van der Waals surface area (Å²) in [5.74, 6) is 0.719. The lowest BCUT2D eigenvalue weighted by Gasteiger charge is -2.42. The molecule has 0 spiro atoms. The fraction of sp³-hybridized carbons (Fsp3) is 0.520. The largest absolute Gasteiger partial charge is 0.493 e. The standard InChI is InChI=1S/C25H33Cl2NO5/c1-7-24(28(2)3,17-8-9-19(26)20(27)14-17)10-11-25(32-12-13-33-25)18-15-21(29-4)23(31-6)22(16-18)30-5/h8-9,14-16H,7,10-13H2,1-6H3. The van der Waals surface area contributed by atoms with Crippen LogP contribution in [0.25, 0.3) is 0 Å². The first kappa shape index (κ1) is 25.9. The molecule has 1 aliphatic heterocycles. The van der Waals surface area contributed by atoms with Gasteiger partial charge in [-0.2, -0.15) is 0 Å². The van der Waals surface area contributed by atoms with E-state index in [1.165, 1.54) is 0 Å². The molecule has 1 unspecified atom stereocenters. The van der Waals surface area contributed by atoms with Gasteiger partial charge in [-0.3, -0.25) is 4.90 Å².